The van der Waals surface area contributed by atoms with Crippen molar-refractivity contribution in [3.05, 3.63) is 46.1 Å². The Morgan fingerprint density at radius 3 is 2.71 bits per heavy atom. The lowest BCUT2D eigenvalue weighted by molar-refractivity contribution is 1.31. The van der Waals surface area contributed by atoms with Crippen molar-refractivity contribution in [2.45, 2.75) is 6.92 Å². The summed E-state index contributed by atoms with van der Waals surface area (Å²) in [5.74, 6) is 0.543. The first-order valence-electron chi connectivity index (χ1n) is 5.01. The van der Waals surface area contributed by atoms with Crippen LogP contribution in [-0.4, -0.2) is 4.98 Å². The normalized spacial score (nSPS) is 10.3. The number of nitrogens with one attached hydrogen (secondary N) is 1. The maximum absolute atomic E-state index is 6.19. The molecule has 3 nitrogen and oxygen atoms in total. The number of nitrogens with zero attached hydrogens (tertiary/aromatic N) is 1. The fourth-order valence-corrected chi connectivity index (χ4v) is 1.88. The topological polar surface area (TPSA) is 50.9 Å². The van der Waals surface area contributed by atoms with E-state index in [0.29, 0.717) is 27.2 Å². The molecule has 3 N–H and O–H groups in total. The Balaban J connectivity index is 2.43. The minimum Gasteiger partial charge on any atom is -0.396 e. The highest BCUT2D eigenvalue weighted by atomic mass is 35.5. The van der Waals surface area contributed by atoms with E-state index in [1.54, 1.807) is 24.4 Å². The second kappa shape index (κ2) is 4.82. The lowest BCUT2D eigenvalue weighted by atomic mass is 10.2. The largest absolute Gasteiger partial charge is 0.396 e. The van der Waals surface area contributed by atoms with Crippen LogP contribution in [0.5, 0.6) is 0 Å². The average Bonchev–Trinajstić information content (AvgIpc) is 2.32. The van der Waals surface area contributed by atoms with E-state index in [0.717, 1.165) is 5.56 Å². The first-order chi connectivity index (χ1) is 8.09. The minimum atomic E-state index is 0.533. The van der Waals surface area contributed by atoms with Crippen LogP contribution in [0.3, 0.4) is 0 Å². The lowest BCUT2D eigenvalue weighted by Gasteiger charge is -2.12. The van der Waals surface area contributed by atoms with Gasteiger partial charge < -0.3 is 11.1 Å². The van der Waals surface area contributed by atoms with Gasteiger partial charge in [0.25, 0.3) is 0 Å². The van der Waals surface area contributed by atoms with Crippen LogP contribution < -0.4 is 11.1 Å². The first-order valence-corrected chi connectivity index (χ1v) is 5.77. The number of aryl methyl sites for hydroxylation is 1. The Morgan fingerprint density at radius 1 is 1.24 bits per heavy atom. The Morgan fingerprint density at radius 2 is 2.00 bits per heavy atom. The van der Waals surface area contributed by atoms with E-state index in [4.69, 9.17) is 28.9 Å². The molecule has 1 aromatic heterocycles. The molecule has 0 saturated heterocycles. The molecule has 88 valence electrons. The summed E-state index contributed by atoms with van der Waals surface area (Å²) in [6, 6.07) is 7.16. The van der Waals surface area contributed by atoms with E-state index in [-0.39, 0.29) is 0 Å². The van der Waals surface area contributed by atoms with Gasteiger partial charge in [0.05, 0.1) is 21.4 Å². The van der Waals surface area contributed by atoms with Crippen molar-refractivity contribution in [3.8, 4) is 0 Å². The van der Waals surface area contributed by atoms with Crippen LogP contribution in [0.25, 0.3) is 0 Å². The van der Waals surface area contributed by atoms with Gasteiger partial charge in [-0.1, -0.05) is 29.3 Å². The number of hydrogen-bond donors (Lipinski definition) is 2. The molecule has 0 unspecified atom stereocenters. The standard InChI is InChI=1S/C12H11Cl2N3/c1-7-4-5-8(13)11(10(7)14)17-12-9(15)3-2-6-16-12/h2-6H,15H2,1H3,(H,16,17). The maximum Gasteiger partial charge on any atom is 0.153 e. The Kier molecular flexibility index (Phi) is 3.41. The molecule has 0 saturated carbocycles. The molecular formula is C12H11Cl2N3. The van der Waals surface area contributed by atoms with Crippen LogP contribution in [0, 0.1) is 6.92 Å². The van der Waals surface area contributed by atoms with Crippen LogP contribution in [0.4, 0.5) is 17.2 Å². The number of aromatic nitrogens is 1. The summed E-state index contributed by atoms with van der Waals surface area (Å²) in [6.45, 7) is 1.91. The molecule has 0 aliphatic rings. The highest BCUT2D eigenvalue weighted by molar-refractivity contribution is 6.39. The number of hydrogen-bond acceptors (Lipinski definition) is 3. The number of nitrogen functional groups attached to an aromatic ring is 1. The van der Waals surface area contributed by atoms with Gasteiger partial charge in [-0.15, -0.1) is 0 Å². The van der Waals surface area contributed by atoms with Gasteiger partial charge in [0.1, 0.15) is 0 Å². The van der Waals surface area contributed by atoms with E-state index < -0.39 is 0 Å². The molecule has 17 heavy (non-hydrogen) atoms. The fraction of sp³-hybridized carbons (Fsp3) is 0.0833. The Labute approximate surface area is 110 Å². The third kappa shape index (κ3) is 2.46. The number of anilines is 3. The van der Waals surface area contributed by atoms with Crippen LogP contribution in [0.1, 0.15) is 5.56 Å². The average molecular weight is 268 g/mol. The number of benzene rings is 1. The molecule has 1 aromatic carbocycles. The zero-order valence-electron chi connectivity index (χ0n) is 9.17. The molecule has 0 atom stereocenters. The smallest absolute Gasteiger partial charge is 0.153 e. The van der Waals surface area contributed by atoms with Gasteiger partial charge in [0.2, 0.25) is 0 Å². The first kappa shape index (κ1) is 12.0. The van der Waals surface area contributed by atoms with Crippen LogP contribution in [0.15, 0.2) is 30.5 Å². The number of pyridine rings is 1. The van der Waals surface area contributed by atoms with E-state index in [2.05, 4.69) is 10.3 Å². The molecule has 1 heterocycles. The van der Waals surface area contributed by atoms with Gasteiger partial charge in [-0.2, -0.15) is 0 Å². The molecule has 0 fully saturated rings. The number of halogens is 2. The maximum atomic E-state index is 6.19. The summed E-state index contributed by atoms with van der Waals surface area (Å²) in [7, 11) is 0. The summed E-state index contributed by atoms with van der Waals surface area (Å²) in [5, 5.41) is 4.15. The monoisotopic (exact) mass is 267 g/mol. The molecule has 0 aliphatic carbocycles. The zero-order valence-corrected chi connectivity index (χ0v) is 10.7. The van der Waals surface area contributed by atoms with Crippen molar-refractivity contribution in [2.75, 3.05) is 11.1 Å². The molecule has 0 amide bonds. The second-order valence-corrected chi connectivity index (χ2v) is 4.40. The van der Waals surface area contributed by atoms with Crippen molar-refractivity contribution in [1.29, 1.82) is 0 Å². The van der Waals surface area contributed by atoms with Gasteiger partial charge in [-0.3, -0.25) is 0 Å². The summed E-state index contributed by atoms with van der Waals surface area (Å²) >= 11 is 12.3. The van der Waals surface area contributed by atoms with Gasteiger partial charge in [0, 0.05) is 6.20 Å². The zero-order chi connectivity index (χ0) is 12.4. The molecule has 0 bridgehead atoms. The van der Waals surface area contributed by atoms with Gasteiger partial charge in [-0.25, -0.2) is 4.98 Å². The predicted molar refractivity (Wildman–Crippen MR) is 73.1 cm³/mol. The molecule has 0 spiro atoms. The van der Waals surface area contributed by atoms with Crippen LogP contribution in [-0.2, 0) is 0 Å². The molecule has 0 aliphatic heterocycles. The quantitative estimate of drug-likeness (QED) is 0.864. The third-order valence-corrected chi connectivity index (χ3v) is 3.17. The summed E-state index contributed by atoms with van der Waals surface area (Å²) in [5.41, 5.74) is 7.90. The highest BCUT2D eigenvalue weighted by Crippen LogP contribution is 2.35. The SMILES string of the molecule is Cc1ccc(Cl)c(Nc2ncccc2N)c1Cl. The third-order valence-electron chi connectivity index (χ3n) is 2.37. The van der Waals surface area contributed by atoms with E-state index in [9.17, 15) is 0 Å². The lowest BCUT2D eigenvalue weighted by Crippen LogP contribution is -2.00. The van der Waals surface area contributed by atoms with Crippen LogP contribution >= 0.6 is 23.2 Å². The van der Waals surface area contributed by atoms with Crippen molar-refractivity contribution < 1.29 is 0 Å². The van der Waals surface area contributed by atoms with Gasteiger partial charge in [-0.05, 0) is 30.7 Å². The van der Waals surface area contributed by atoms with Gasteiger partial charge >= 0.3 is 0 Å². The highest BCUT2D eigenvalue weighted by Gasteiger charge is 2.10. The molecule has 2 rings (SSSR count). The number of nitrogens with two attached hydrogens (primary N) is 1. The molecule has 5 heteroatoms. The van der Waals surface area contributed by atoms with E-state index in [1.807, 2.05) is 13.0 Å². The summed E-state index contributed by atoms with van der Waals surface area (Å²) < 4.78 is 0. The van der Waals surface area contributed by atoms with Crippen molar-refractivity contribution >= 4 is 40.4 Å². The van der Waals surface area contributed by atoms with Crippen molar-refractivity contribution in [3.63, 3.8) is 0 Å². The molecular weight excluding hydrogens is 257 g/mol. The number of rotatable bonds is 2. The fourth-order valence-electron chi connectivity index (χ4n) is 1.41. The summed E-state index contributed by atoms with van der Waals surface area (Å²) in [6.07, 6.45) is 1.65. The molecule has 2 aromatic rings. The van der Waals surface area contributed by atoms with Gasteiger partial charge in [0.15, 0.2) is 5.82 Å². The minimum absolute atomic E-state index is 0.533. The van der Waals surface area contributed by atoms with E-state index >= 15 is 0 Å². The second-order valence-electron chi connectivity index (χ2n) is 3.62. The Hall–Kier alpha value is -1.45. The van der Waals surface area contributed by atoms with Crippen LogP contribution in [0.2, 0.25) is 10.0 Å². The van der Waals surface area contributed by atoms with Crippen molar-refractivity contribution in [1.82, 2.24) is 4.98 Å². The van der Waals surface area contributed by atoms with Crippen molar-refractivity contribution in [2.24, 2.45) is 0 Å². The Bertz CT molecular complexity index is 555. The molecule has 0 radical (unpaired) electrons. The van der Waals surface area contributed by atoms with E-state index in [1.165, 1.54) is 0 Å². The summed E-state index contributed by atoms with van der Waals surface area (Å²) in [4.78, 5) is 4.13. The predicted octanol–water partition coefficient (Wildman–Crippen LogP) is 4.02.